The molecule has 0 aromatic carbocycles. The summed E-state index contributed by atoms with van der Waals surface area (Å²) in [6, 6.07) is 3.63. The van der Waals surface area contributed by atoms with Crippen LogP contribution in [0.4, 0.5) is 0 Å². The Kier molecular flexibility index (Phi) is 5.72. The van der Waals surface area contributed by atoms with Gasteiger partial charge in [0.2, 0.25) is 0 Å². The van der Waals surface area contributed by atoms with Gasteiger partial charge in [-0.05, 0) is 19.1 Å². The lowest BCUT2D eigenvalue weighted by Gasteiger charge is -2.20. The largest absolute Gasteiger partial charge is 0.395 e. The zero-order chi connectivity index (χ0) is 12.7. The van der Waals surface area contributed by atoms with Gasteiger partial charge in [0.05, 0.1) is 13.2 Å². The molecule has 1 aromatic rings. The molecule has 0 atom stereocenters. The fourth-order valence-corrected chi connectivity index (χ4v) is 1.68. The third-order valence-electron chi connectivity index (χ3n) is 2.62. The number of aromatic nitrogens is 1. The average molecular weight is 240 g/mol. The normalized spacial score (nSPS) is 10.5. The summed E-state index contributed by atoms with van der Waals surface area (Å²) in [6.45, 7) is 4.07. The number of amides is 1. The molecule has 0 aliphatic carbocycles. The van der Waals surface area contributed by atoms with E-state index in [2.05, 4.69) is 0 Å². The molecule has 0 fully saturated rings. The van der Waals surface area contributed by atoms with Crippen LogP contribution >= 0.6 is 0 Å². The number of hydrogen-bond acceptors (Lipinski definition) is 3. The standard InChI is InChI=1S/C12H20N2O3/c1-3-13(7-9-15)12(16)11-5-4-6-14(11)8-10-17-2/h4-6,15H,3,7-10H2,1-2H3. The molecule has 1 amide bonds. The molecule has 0 spiro atoms. The molecule has 1 aromatic heterocycles. The predicted molar refractivity (Wildman–Crippen MR) is 65.0 cm³/mol. The molecular formula is C12H20N2O3. The minimum Gasteiger partial charge on any atom is -0.395 e. The zero-order valence-electron chi connectivity index (χ0n) is 10.4. The topological polar surface area (TPSA) is 54.7 Å². The van der Waals surface area contributed by atoms with E-state index in [9.17, 15) is 4.79 Å². The van der Waals surface area contributed by atoms with Crippen LogP contribution in [0.1, 0.15) is 17.4 Å². The van der Waals surface area contributed by atoms with Crippen molar-refractivity contribution in [2.45, 2.75) is 13.5 Å². The lowest BCUT2D eigenvalue weighted by molar-refractivity contribution is 0.0718. The first kappa shape index (κ1) is 13.7. The van der Waals surface area contributed by atoms with Crippen molar-refractivity contribution in [3.05, 3.63) is 24.0 Å². The van der Waals surface area contributed by atoms with Crippen molar-refractivity contribution in [1.29, 1.82) is 0 Å². The van der Waals surface area contributed by atoms with Gasteiger partial charge in [-0.15, -0.1) is 0 Å². The highest BCUT2D eigenvalue weighted by atomic mass is 16.5. The number of likely N-dealkylation sites (N-methyl/N-ethyl adjacent to an activating group) is 1. The summed E-state index contributed by atoms with van der Waals surface area (Å²) >= 11 is 0. The third kappa shape index (κ3) is 3.57. The number of carbonyl (C=O) groups excluding carboxylic acids is 1. The molecule has 0 unspecified atom stereocenters. The molecule has 1 heterocycles. The highest BCUT2D eigenvalue weighted by Gasteiger charge is 2.16. The van der Waals surface area contributed by atoms with E-state index in [1.54, 1.807) is 18.1 Å². The minimum atomic E-state index is -0.0531. The number of rotatable bonds is 7. The molecule has 5 heteroatoms. The molecular weight excluding hydrogens is 220 g/mol. The van der Waals surface area contributed by atoms with Gasteiger partial charge in [0.15, 0.2) is 0 Å². The minimum absolute atomic E-state index is 0.0155. The smallest absolute Gasteiger partial charge is 0.270 e. The van der Waals surface area contributed by atoms with Gasteiger partial charge < -0.3 is 19.3 Å². The molecule has 96 valence electrons. The predicted octanol–water partition coefficient (Wildman–Crippen LogP) is 0.589. The van der Waals surface area contributed by atoms with Crippen molar-refractivity contribution < 1.29 is 14.6 Å². The molecule has 0 saturated heterocycles. The van der Waals surface area contributed by atoms with Gasteiger partial charge >= 0.3 is 0 Å². The molecule has 0 radical (unpaired) electrons. The van der Waals surface area contributed by atoms with Crippen molar-refractivity contribution >= 4 is 5.91 Å². The summed E-state index contributed by atoms with van der Waals surface area (Å²) < 4.78 is 6.87. The molecule has 0 bridgehead atoms. The highest BCUT2D eigenvalue weighted by molar-refractivity contribution is 5.92. The summed E-state index contributed by atoms with van der Waals surface area (Å²) in [5.41, 5.74) is 0.636. The van der Waals surface area contributed by atoms with Crippen LogP contribution in [0.5, 0.6) is 0 Å². The molecule has 5 nitrogen and oxygen atoms in total. The summed E-state index contributed by atoms with van der Waals surface area (Å²) in [7, 11) is 1.63. The van der Waals surface area contributed by atoms with Gasteiger partial charge in [0, 0.05) is 32.9 Å². The van der Waals surface area contributed by atoms with E-state index < -0.39 is 0 Å². The average Bonchev–Trinajstić information content (AvgIpc) is 2.80. The second kappa shape index (κ2) is 7.09. The fourth-order valence-electron chi connectivity index (χ4n) is 1.68. The van der Waals surface area contributed by atoms with Crippen molar-refractivity contribution in [3.63, 3.8) is 0 Å². The van der Waals surface area contributed by atoms with Crippen molar-refractivity contribution in [2.75, 3.05) is 33.4 Å². The van der Waals surface area contributed by atoms with Crippen molar-refractivity contribution in [2.24, 2.45) is 0 Å². The number of nitrogens with zero attached hydrogens (tertiary/aromatic N) is 2. The van der Waals surface area contributed by atoms with Crippen molar-refractivity contribution in [3.8, 4) is 0 Å². The van der Waals surface area contributed by atoms with E-state index >= 15 is 0 Å². The fraction of sp³-hybridized carbons (Fsp3) is 0.583. The highest BCUT2D eigenvalue weighted by Crippen LogP contribution is 2.07. The van der Waals surface area contributed by atoms with Crippen LogP contribution in [-0.4, -0.2) is 53.9 Å². The van der Waals surface area contributed by atoms with E-state index in [4.69, 9.17) is 9.84 Å². The van der Waals surface area contributed by atoms with Crippen molar-refractivity contribution in [1.82, 2.24) is 9.47 Å². The Morgan fingerprint density at radius 1 is 1.59 bits per heavy atom. The van der Waals surface area contributed by atoms with Crippen LogP contribution < -0.4 is 0 Å². The number of carbonyl (C=O) groups is 1. The van der Waals surface area contributed by atoms with Crippen LogP contribution in [0, 0.1) is 0 Å². The second-order valence-corrected chi connectivity index (χ2v) is 3.69. The monoisotopic (exact) mass is 240 g/mol. The Balaban J connectivity index is 2.76. The first-order chi connectivity index (χ1) is 8.24. The van der Waals surface area contributed by atoms with Gasteiger partial charge in [-0.2, -0.15) is 0 Å². The molecule has 0 aliphatic rings. The number of ether oxygens (including phenoxy) is 1. The van der Waals surface area contributed by atoms with E-state index in [0.717, 1.165) is 0 Å². The Morgan fingerprint density at radius 3 is 2.94 bits per heavy atom. The van der Waals surface area contributed by atoms with Gasteiger partial charge in [-0.3, -0.25) is 4.79 Å². The quantitative estimate of drug-likeness (QED) is 0.759. The van der Waals surface area contributed by atoms with Gasteiger partial charge in [-0.25, -0.2) is 0 Å². The van der Waals surface area contributed by atoms with Crippen LogP contribution in [0.2, 0.25) is 0 Å². The maximum Gasteiger partial charge on any atom is 0.270 e. The third-order valence-corrected chi connectivity index (χ3v) is 2.62. The molecule has 0 saturated carbocycles. The number of methoxy groups -OCH3 is 1. The maximum atomic E-state index is 12.2. The van der Waals surface area contributed by atoms with Crippen LogP contribution in [0.15, 0.2) is 18.3 Å². The summed E-state index contributed by atoms with van der Waals surface area (Å²) in [6.07, 6.45) is 1.86. The number of hydrogen-bond donors (Lipinski definition) is 1. The SMILES string of the molecule is CCN(CCO)C(=O)c1cccn1CCOC. The molecule has 1 rings (SSSR count). The number of aliphatic hydroxyl groups is 1. The Hall–Kier alpha value is -1.33. The lowest BCUT2D eigenvalue weighted by Crippen LogP contribution is -2.34. The first-order valence-electron chi connectivity index (χ1n) is 5.78. The van der Waals surface area contributed by atoms with E-state index in [1.165, 1.54) is 0 Å². The van der Waals surface area contributed by atoms with Gasteiger partial charge in [0.25, 0.3) is 5.91 Å². The van der Waals surface area contributed by atoms with E-state index in [-0.39, 0.29) is 12.5 Å². The Bertz CT molecular complexity index is 349. The first-order valence-corrected chi connectivity index (χ1v) is 5.78. The van der Waals surface area contributed by atoms with Crippen LogP contribution in [0.25, 0.3) is 0 Å². The Labute approximate surface area is 102 Å². The zero-order valence-corrected chi connectivity index (χ0v) is 10.4. The number of aliphatic hydroxyl groups excluding tert-OH is 1. The van der Waals surface area contributed by atoms with Crippen LogP contribution in [-0.2, 0) is 11.3 Å². The van der Waals surface area contributed by atoms with Gasteiger partial charge in [0.1, 0.15) is 5.69 Å². The molecule has 1 N–H and O–H groups in total. The molecule has 0 aliphatic heterocycles. The van der Waals surface area contributed by atoms with Crippen LogP contribution in [0.3, 0.4) is 0 Å². The summed E-state index contributed by atoms with van der Waals surface area (Å²) in [5.74, 6) is -0.0531. The van der Waals surface area contributed by atoms with Gasteiger partial charge in [-0.1, -0.05) is 0 Å². The molecule has 17 heavy (non-hydrogen) atoms. The lowest BCUT2D eigenvalue weighted by atomic mass is 10.3. The van der Waals surface area contributed by atoms with E-state index in [1.807, 2.05) is 23.8 Å². The maximum absolute atomic E-state index is 12.2. The summed E-state index contributed by atoms with van der Waals surface area (Å²) in [5, 5.41) is 8.90. The second-order valence-electron chi connectivity index (χ2n) is 3.69. The van der Waals surface area contributed by atoms with E-state index in [0.29, 0.717) is 31.9 Å². The Morgan fingerprint density at radius 2 is 2.35 bits per heavy atom. The summed E-state index contributed by atoms with van der Waals surface area (Å²) in [4.78, 5) is 13.8.